The van der Waals surface area contributed by atoms with Crippen LogP contribution in [-0.4, -0.2) is 14.1 Å². The van der Waals surface area contributed by atoms with E-state index in [9.17, 15) is 57.9 Å². The van der Waals surface area contributed by atoms with Crippen molar-refractivity contribution in [2.45, 2.75) is 50.9 Å². The summed E-state index contributed by atoms with van der Waals surface area (Å²) in [7, 11) is 0. The van der Waals surface area contributed by atoms with Gasteiger partial charge < -0.3 is 9.13 Å². The van der Waals surface area contributed by atoms with Crippen LogP contribution in [0.15, 0.2) is 182 Å². The fraction of sp³-hybridized carbons (Fsp3) is 0.118. The number of benzene rings is 9. The second kappa shape index (κ2) is 21.1. The standard InChI is InChI=1S/C68H36F18N4/c1-34-3-11-44(53(23-34)65(75,76)77)37-5-13-48-50-15-7-39(46-17-9-42(63(69,70)71)31-55(46)67(81,82)83)27-59(50)89(57(48)25-37)61-29-41(36-19-21-88-22-20-36)30-62(52(61)33-87)90-58-26-38(45-12-4-35(2)24-54(45)66(78,79)80)6-14-49(58)51-16-8-40(28-60(51)90)47-18-10-43(64(72,73)74)32-56(47)68(84,85)86/h3-32H,1-2H3. The topological polar surface area (TPSA) is 46.5 Å². The van der Waals surface area contributed by atoms with E-state index in [4.69, 9.17) is 0 Å². The lowest BCUT2D eigenvalue weighted by Gasteiger charge is -2.20. The summed E-state index contributed by atoms with van der Waals surface area (Å²) >= 11 is 0. The second-order valence-corrected chi connectivity index (χ2v) is 21.4. The summed E-state index contributed by atoms with van der Waals surface area (Å²) in [5, 5.41) is 12.6. The van der Waals surface area contributed by atoms with Crippen molar-refractivity contribution in [2.75, 3.05) is 0 Å². The molecule has 0 unspecified atom stereocenters. The lowest BCUT2D eigenvalue weighted by atomic mass is 9.95. The first kappa shape index (κ1) is 60.3. The number of rotatable bonds is 7. The molecule has 12 rings (SSSR count). The van der Waals surface area contributed by atoms with Crippen molar-refractivity contribution in [3.63, 3.8) is 0 Å². The molecule has 0 N–H and O–H groups in total. The van der Waals surface area contributed by atoms with Crippen LogP contribution >= 0.6 is 0 Å². The zero-order chi connectivity index (χ0) is 64.5. The van der Waals surface area contributed by atoms with Gasteiger partial charge >= 0.3 is 37.1 Å². The molecular formula is C68H36F18N4. The van der Waals surface area contributed by atoms with E-state index in [2.05, 4.69) is 11.1 Å². The number of hydrogen-bond acceptors (Lipinski definition) is 2. The summed E-state index contributed by atoms with van der Waals surface area (Å²) in [4.78, 5) is 4.10. The predicted octanol–water partition coefficient (Wildman–Crippen LogP) is 22.2. The molecule has 0 atom stereocenters. The molecule has 0 spiro atoms. The van der Waals surface area contributed by atoms with Crippen molar-refractivity contribution >= 4 is 43.6 Å². The van der Waals surface area contributed by atoms with Gasteiger partial charge in [0, 0.05) is 33.9 Å². The molecule has 454 valence electrons. The summed E-state index contributed by atoms with van der Waals surface area (Å²) in [5.41, 5.74) is -11.7. The van der Waals surface area contributed by atoms with E-state index >= 15 is 26.3 Å². The van der Waals surface area contributed by atoms with Crippen molar-refractivity contribution < 1.29 is 79.0 Å². The van der Waals surface area contributed by atoms with E-state index in [1.54, 1.807) is 0 Å². The van der Waals surface area contributed by atoms with Crippen molar-refractivity contribution in [2.24, 2.45) is 0 Å². The Labute approximate surface area is 496 Å². The van der Waals surface area contributed by atoms with Crippen LogP contribution in [-0.2, 0) is 37.1 Å². The van der Waals surface area contributed by atoms with Gasteiger partial charge in [-0.2, -0.15) is 84.3 Å². The number of pyridine rings is 1. The Kier molecular flexibility index (Phi) is 14.1. The van der Waals surface area contributed by atoms with E-state index in [0.29, 0.717) is 29.8 Å². The van der Waals surface area contributed by atoms with E-state index in [1.165, 1.54) is 157 Å². The van der Waals surface area contributed by atoms with Gasteiger partial charge in [0.25, 0.3) is 0 Å². The van der Waals surface area contributed by atoms with Crippen molar-refractivity contribution in [3.8, 4) is 73.1 Å². The van der Waals surface area contributed by atoms with Crippen molar-refractivity contribution in [1.29, 1.82) is 5.26 Å². The van der Waals surface area contributed by atoms with E-state index < -0.39 is 87.1 Å². The number of alkyl halides is 18. The lowest BCUT2D eigenvalue weighted by molar-refractivity contribution is -0.144. The van der Waals surface area contributed by atoms with Gasteiger partial charge in [0.1, 0.15) is 11.6 Å². The van der Waals surface area contributed by atoms with Gasteiger partial charge in [-0.15, -0.1) is 0 Å². The average Bonchev–Trinajstić information content (AvgIpc) is 1.55. The highest BCUT2D eigenvalue weighted by Crippen LogP contribution is 2.49. The molecule has 12 aromatic rings. The summed E-state index contributed by atoms with van der Waals surface area (Å²) in [6.45, 7) is 2.87. The zero-order valence-electron chi connectivity index (χ0n) is 45.9. The minimum Gasteiger partial charge on any atom is -0.308 e. The Morgan fingerprint density at radius 3 is 0.900 bits per heavy atom. The molecule has 3 aromatic heterocycles. The first-order chi connectivity index (χ1) is 42.2. The third-order valence-electron chi connectivity index (χ3n) is 15.7. The lowest BCUT2D eigenvalue weighted by Crippen LogP contribution is -2.12. The monoisotopic (exact) mass is 1250 g/mol. The number of aromatic nitrogens is 3. The van der Waals surface area contributed by atoms with Crippen LogP contribution in [0.5, 0.6) is 0 Å². The minimum atomic E-state index is -5.39. The molecule has 0 saturated heterocycles. The maximum Gasteiger partial charge on any atom is 0.417 e. The quantitative estimate of drug-likeness (QED) is 0.149. The third kappa shape index (κ3) is 10.7. The van der Waals surface area contributed by atoms with Crippen LogP contribution < -0.4 is 0 Å². The summed E-state index contributed by atoms with van der Waals surface area (Å²) in [5.74, 6) is 0. The van der Waals surface area contributed by atoms with Crippen molar-refractivity contribution in [1.82, 2.24) is 14.1 Å². The molecule has 4 nitrogen and oxygen atoms in total. The van der Waals surface area contributed by atoms with Crippen LogP contribution in [0.25, 0.3) is 111 Å². The van der Waals surface area contributed by atoms with Crippen LogP contribution in [0.3, 0.4) is 0 Å². The van der Waals surface area contributed by atoms with Gasteiger partial charge in [-0.25, -0.2) is 0 Å². The fourth-order valence-corrected chi connectivity index (χ4v) is 11.7. The van der Waals surface area contributed by atoms with Gasteiger partial charge in [-0.05, 0) is 154 Å². The Morgan fingerprint density at radius 2 is 0.611 bits per heavy atom. The number of aryl methyl sites for hydroxylation is 2. The summed E-state index contributed by atoms with van der Waals surface area (Å²) in [6.07, 6.45) is -28.4. The highest BCUT2D eigenvalue weighted by Gasteiger charge is 2.41. The number of nitrogens with zero attached hydrogens (tertiary/aromatic N) is 4. The van der Waals surface area contributed by atoms with Gasteiger partial charge in [0.2, 0.25) is 0 Å². The van der Waals surface area contributed by atoms with Gasteiger partial charge in [-0.3, -0.25) is 4.98 Å². The average molecular weight is 1250 g/mol. The normalized spacial score (nSPS) is 12.9. The largest absolute Gasteiger partial charge is 0.417 e. The Bertz CT molecular complexity index is 4670. The molecule has 3 heterocycles. The van der Waals surface area contributed by atoms with Crippen LogP contribution in [0.2, 0.25) is 0 Å². The van der Waals surface area contributed by atoms with E-state index in [0.717, 1.165) is 12.1 Å². The highest BCUT2D eigenvalue weighted by molar-refractivity contribution is 6.13. The van der Waals surface area contributed by atoms with Crippen LogP contribution in [0.4, 0.5) is 79.0 Å². The van der Waals surface area contributed by atoms with Gasteiger partial charge in [0.15, 0.2) is 0 Å². The predicted molar refractivity (Wildman–Crippen MR) is 304 cm³/mol. The molecule has 0 saturated carbocycles. The first-order valence-electron chi connectivity index (χ1n) is 26.8. The third-order valence-corrected chi connectivity index (χ3v) is 15.7. The van der Waals surface area contributed by atoms with Gasteiger partial charge in [-0.1, -0.05) is 96.1 Å². The van der Waals surface area contributed by atoms with Crippen LogP contribution in [0, 0.1) is 25.2 Å². The minimum absolute atomic E-state index is 0.000952. The summed E-state index contributed by atoms with van der Waals surface area (Å²) in [6, 6.07) is 32.8. The van der Waals surface area contributed by atoms with E-state index in [1.807, 2.05) is 0 Å². The molecule has 0 aliphatic rings. The molecule has 0 aliphatic heterocycles. The van der Waals surface area contributed by atoms with Crippen LogP contribution in [0.1, 0.15) is 50.1 Å². The molecule has 0 bridgehead atoms. The fourth-order valence-electron chi connectivity index (χ4n) is 11.7. The number of halogens is 18. The van der Waals surface area contributed by atoms with E-state index in [-0.39, 0.29) is 117 Å². The molecular weight excluding hydrogens is 1210 g/mol. The first-order valence-corrected chi connectivity index (χ1v) is 26.8. The Morgan fingerprint density at radius 1 is 0.311 bits per heavy atom. The molecule has 90 heavy (non-hydrogen) atoms. The molecule has 0 fully saturated rings. The Hall–Kier alpha value is -10.0. The molecule has 0 radical (unpaired) electrons. The number of hydrogen-bond donors (Lipinski definition) is 0. The molecule has 9 aromatic carbocycles. The van der Waals surface area contributed by atoms with Crippen molar-refractivity contribution in [3.05, 3.63) is 232 Å². The molecule has 0 amide bonds. The Balaban J connectivity index is 1.25. The maximum absolute atomic E-state index is 15.0. The molecule has 0 aliphatic carbocycles. The number of nitriles is 1. The SMILES string of the molecule is Cc1ccc(-c2ccc3c4ccc(-c5ccc(C(F)(F)F)cc5C(F)(F)F)cc4n(-c4cc(-c5ccncc5)cc(-n5c6cc(-c7ccc(C)cc7C(F)(F)F)ccc6c6ccc(-c7ccc(C(F)(F)F)cc7C(F)(F)F)cc65)c4C#N)c3c2)c(C(F)(F)F)c1. The zero-order valence-corrected chi connectivity index (χ0v) is 45.9. The highest BCUT2D eigenvalue weighted by atomic mass is 19.4. The number of fused-ring (bicyclic) bond motifs is 6. The second-order valence-electron chi connectivity index (χ2n) is 21.4. The smallest absolute Gasteiger partial charge is 0.308 e. The molecule has 22 heteroatoms. The maximum atomic E-state index is 15.0. The van der Waals surface area contributed by atoms with Gasteiger partial charge in [0.05, 0.1) is 66.8 Å². The summed E-state index contributed by atoms with van der Waals surface area (Å²) < 4.78 is 267.